The standard InChI is InChI=1S/C16H16N2O2S/c21-16-12-9-19-7-6-13(12)17-15(18-16)11-5-8-20-14-4-2-1-3-10(11)14/h1-4,11H,5-9H2,(H,17,18,21). The van der Waals surface area contributed by atoms with E-state index in [1.54, 1.807) is 0 Å². The molecule has 0 bridgehead atoms. The Balaban J connectivity index is 1.81. The molecule has 5 heteroatoms. The van der Waals surface area contributed by atoms with E-state index in [4.69, 9.17) is 21.7 Å². The van der Waals surface area contributed by atoms with Crippen molar-refractivity contribution in [2.24, 2.45) is 0 Å². The normalized spacial score (nSPS) is 20.3. The Morgan fingerprint density at radius 3 is 3.10 bits per heavy atom. The minimum atomic E-state index is 0.227. The highest BCUT2D eigenvalue weighted by Gasteiger charge is 2.26. The van der Waals surface area contributed by atoms with Crippen LogP contribution in [0.3, 0.4) is 0 Å². The second-order valence-corrected chi connectivity index (χ2v) is 5.80. The number of benzene rings is 1. The molecule has 2 aliphatic rings. The maximum Gasteiger partial charge on any atom is 0.135 e. The molecule has 1 atom stereocenters. The van der Waals surface area contributed by atoms with Gasteiger partial charge in [0.25, 0.3) is 0 Å². The lowest BCUT2D eigenvalue weighted by molar-refractivity contribution is 0.108. The SMILES string of the molecule is S=c1nc(C2CCOc3ccccc32)[nH]c2c1COCC2. The van der Waals surface area contributed by atoms with Crippen molar-refractivity contribution in [3.63, 3.8) is 0 Å². The van der Waals surface area contributed by atoms with Gasteiger partial charge in [-0.1, -0.05) is 30.4 Å². The number of nitrogens with zero attached hydrogens (tertiary/aromatic N) is 1. The Bertz CT molecular complexity index is 741. The summed E-state index contributed by atoms with van der Waals surface area (Å²) in [6.07, 6.45) is 1.80. The second-order valence-electron chi connectivity index (χ2n) is 5.41. The third-order valence-corrected chi connectivity index (χ3v) is 4.49. The summed E-state index contributed by atoms with van der Waals surface area (Å²) in [5.41, 5.74) is 3.41. The Morgan fingerprint density at radius 1 is 1.24 bits per heavy atom. The summed E-state index contributed by atoms with van der Waals surface area (Å²) in [6, 6.07) is 8.17. The predicted octanol–water partition coefficient (Wildman–Crippen LogP) is 3.13. The van der Waals surface area contributed by atoms with Crippen molar-refractivity contribution in [2.75, 3.05) is 13.2 Å². The molecule has 4 nitrogen and oxygen atoms in total. The minimum absolute atomic E-state index is 0.227. The van der Waals surface area contributed by atoms with Crippen LogP contribution in [0.5, 0.6) is 5.75 Å². The molecule has 0 spiro atoms. The van der Waals surface area contributed by atoms with Gasteiger partial charge in [-0.25, -0.2) is 4.98 Å². The maximum absolute atomic E-state index is 5.73. The molecule has 0 amide bonds. The number of H-pyrrole nitrogens is 1. The number of nitrogens with one attached hydrogen (secondary N) is 1. The van der Waals surface area contributed by atoms with Crippen molar-refractivity contribution >= 4 is 12.2 Å². The molecule has 0 fully saturated rings. The van der Waals surface area contributed by atoms with E-state index >= 15 is 0 Å². The summed E-state index contributed by atoms with van der Waals surface area (Å²) in [4.78, 5) is 8.14. The zero-order valence-electron chi connectivity index (χ0n) is 11.6. The van der Waals surface area contributed by atoms with Crippen molar-refractivity contribution < 1.29 is 9.47 Å². The fourth-order valence-electron chi connectivity index (χ4n) is 3.07. The van der Waals surface area contributed by atoms with Crippen LogP contribution in [-0.4, -0.2) is 23.2 Å². The van der Waals surface area contributed by atoms with Crippen molar-refractivity contribution in [3.8, 4) is 5.75 Å². The monoisotopic (exact) mass is 300 g/mol. The Morgan fingerprint density at radius 2 is 2.14 bits per heavy atom. The zero-order chi connectivity index (χ0) is 14.2. The van der Waals surface area contributed by atoms with E-state index in [9.17, 15) is 0 Å². The van der Waals surface area contributed by atoms with E-state index in [2.05, 4.69) is 16.0 Å². The predicted molar refractivity (Wildman–Crippen MR) is 81.2 cm³/mol. The van der Waals surface area contributed by atoms with Crippen molar-refractivity contribution in [1.82, 2.24) is 9.97 Å². The molecule has 2 aliphatic heterocycles. The summed E-state index contributed by atoms with van der Waals surface area (Å²) in [7, 11) is 0. The molecule has 108 valence electrons. The van der Waals surface area contributed by atoms with Crippen LogP contribution in [0.15, 0.2) is 24.3 Å². The van der Waals surface area contributed by atoms with Crippen LogP contribution >= 0.6 is 12.2 Å². The summed E-state index contributed by atoms with van der Waals surface area (Å²) < 4.78 is 11.9. The van der Waals surface area contributed by atoms with Gasteiger partial charge < -0.3 is 14.5 Å². The molecule has 2 aromatic rings. The average Bonchev–Trinajstić information content (AvgIpc) is 2.54. The van der Waals surface area contributed by atoms with Crippen LogP contribution in [0.1, 0.15) is 35.0 Å². The fraction of sp³-hybridized carbons (Fsp3) is 0.375. The van der Waals surface area contributed by atoms with Gasteiger partial charge in [0.2, 0.25) is 0 Å². The third-order valence-electron chi connectivity index (χ3n) is 4.15. The quantitative estimate of drug-likeness (QED) is 0.822. The molecular weight excluding hydrogens is 284 g/mol. The molecule has 0 saturated heterocycles. The van der Waals surface area contributed by atoms with Crippen molar-refractivity contribution in [1.29, 1.82) is 0 Å². The van der Waals surface area contributed by atoms with E-state index in [0.717, 1.165) is 36.6 Å². The summed E-state index contributed by atoms with van der Waals surface area (Å²) in [5.74, 6) is 2.14. The van der Waals surface area contributed by atoms with Gasteiger partial charge >= 0.3 is 0 Å². The Kier molecular flexibility index (Phi) is 3.24. The topological polar surface area (TPSA) is 47.1 Å². The smallest absolute Gasteiger partial charge is 0.135 e. The van der Waals surface area contributed by atoms with Crippen LogP contribution in [0.2, 0.25) is 0 Å². The number of ether oxygens (including phenoxy) is 2. The molecule has 0 aliphatic carbocycles. The molecule has 21 heavy (non-hydrogen) atoms. The zero-order valence-corrected chi connectivity index (χ0v) is 12.4. The van der Waals surface area contributed by atoms with Crippen LogP contribution in [0, 0.1) is 4.64 Å². The van der Waals surface area contributed by atoms with Gasteiger partial charge in [-0.3, -0.25) is 0 Å². The van der Waals surface area contributed by atoms with Gasteiger partial charge in [-0.2, -0.15) is 0 Å². The highest BCUT2D eigenvalue weighted by Crippen LogP contribution is 2.36. The van der Waals surface area contributed by atoms with E-state index in [1.165, 1.54) is 11.3 Å². The molecule has 1 unspecified atom stereocenters. The van der Waals surface area contributed by atoms with Crippen molar-refractivity contribution in [3.05, 3.63) is 51.6 Å². The third kappa shape index (κ3) is 2.26. The van der Waals surface area contributed by atoms with E-state index in [0.29, 0.717) is 17.9 Å². The molecule has 3 heterocycles. The van der Waals surface area contributed by atoms with Crippen LogP contribution in [0.25, 0.3) is 0 Å². The summed E-state index contributed by atoms with van der Waals surface area (Å²) in [5, 5.41) is 0. The largest absolute Gasteiger partial charge is 0.493 e. The number of rotatable bonds is 1. The van der Waals surface area contributed by atoms with Crippen LogP contribution in [-0.2, 0) is 17.8 Å². The number of aromatic amines is 1. The Hall–Kier alpha value is -1.72. The van der Waals surface area contributed by atoms with Gasteiger partial charge in [0.1, 0.15) is 16.2 Å². The maximum atomic E-state index is 5.73. The lowest BCUT2D eigenvalue weighted by Gasteiger charge is -2.26. The minimum Gasteiger partial charge on any atom is -0.493 e. The lowest BCUT2D eigenvalue weighted by atomic mass is 9.92. The molecule has 1 aromatic carbocycles. The highest BCUT2D eigenvalue weighted by atomic mass is 32.1. The van der Waals surface area contributed by atoms with Crippen molar-refractivity contribution in [2.45, 2.75) is 25.4 Å². The first-order chi connectivity index (χ1) is 10.3. The lowest BCUT2D eigenvalue weighted by Crippen LogP contribution is -2.20. The molecule has 0 saturated carbocycles. The van der Waals surface area contributed by atoms with Gasteiger partial charge in [-0.15, -0.1) is 0 Å². The van der Waals surface area contributed by atoms with Gasteiger partial charge in [0, 0.05) is 29.2 Å². The number of para-hydroxylation sites is 1. The highest BCUT2D eigenvalue weighted by molar-refractivity contribution is 7.71. The number of aromatic nitrogens is 2. The summed E-state index contributed by atoms with van der Waals surface area (Å²) >= 11 is 5.45. The van der Waals surface area contributed by atoms with E-state index < -0.39 is 0 Å². The molecule has 0 radical (unpaired) electrons. The molecule has 1 N–H and O–H groups in total. The summed E-state index contributed by atoms with van der Waals surface area (Å²) in [6.45, 7) is 2.03. The van der Waals surface area contributed by atoms with Crippen LogP contribution in [0.4, 0.5) is 0 Å². The number of hydrogen-bond donors (Lipinski definition) is 1. The fourth-order valence-corrected chi connectivity index (χ4v) is 3.35. The van der Waals surface area contributed by atoms with E-state index in [1.807, 2.05) is 18.2 Å². The number of fused-ring (bicyclic) bond motifs is 2. The first-order valence-electron chi connectivity index (χ1n) is 7.24. The Labute approximate surface area is 128 Å². The number of hydrogen-bond acceptors (Lipinski definition) is 4. The van der Waals surface area contributed by atoms with Crippen LogP contribution < -0.4 is 4.74 Å². The average molecular weight is 300 g/mol. The first-order valence-corrected chi connectivity index (χ1v) is 7.65. The van der Waals surface area contributed by atoms with Gasteiger partial charge in [0.15, 0.2) is 0 Å². The van der Waals surface area contributed by atoms with E-state index in [-0.39, 0.29) is 5.92 Å². The molecular formula is C16H16N2O2S. The molecule has 4 rings (SSSR count). The molecule has 1 aromatic heterocycles. The second kappa shape index (κ2) is 5.24. The van der Waals surface area contributed by atoms with Gasteiger partial charge in [-0.05, 0) is 12.5 Å². The first kappa shape index (κ1) is 13.0. The van der Waals surface area contributed by atoms with Gasteiger partial charge in [0.05, 0.1) is 19.8 Å².